The van der Waals surface area contributed by atoms with E-state index in [1.165, 1.54) is 0 Å². The third-order valence-corrected chi connectivity index (χ3v) is 5.73. The molecule has 3 N–H and O–H groups in total. The van der Waals surface area contributed by atoms with Crippen LogP contribution in [0.3, 0.4) is 0 Å². The summed E-state index contributed by atoms with van der Waals surface area (Å²) in [5, 5.41) is 21.4. The molecule has 4 nitrogen and oxygen atoms in total. The van der Waals surface area contributed by atoms with E-state index in [4.69, 9.17) is 0 Å². The zero-order valence-corrected chi connectivity index (χ0v) is 10.7. The molecule has 0 spiro atoms. The summed E-state index contributed by atoms with van der Waals surface area (Å²) in [6.07, 6.45) is 0.0692. The van der Waals surface area contributed by atoms with E-state index in [1.807, 2.05) is 0 Å². The van der Waals surface area contributed by atoms with E-state index in [1.54, 1.807) is 31.2 Å². The van der Waals surface area contributed by atoms with Gasteiger partial charge in [-0.15, -0.1) is 0 Å². The van der Waals surface area contributed by atoms with Crippen molar-refractivity contribution in [2.24, 2.45) is 0 Å². The summed E-state index contributed by atoms with van der Waals surface area (Å²) in [4.78, 5) is 9.97. The number of hydrogen-bond acceptors (Lipinski definition) is 3. The molecule has 0 aromatic heterocycles. The molecule has 1 heterocycles. The molecule has 2 atom stereocenters. The van der Waals surface area contributed by atoms with Crippen LogP contribution in [-0.4, -0.2) is 21.3 Å². The van der Waals surface area contributed by atoms with Crippen LogP contribution in [0.5, 0.6) is 11.5 Å². The fraction of sp³-hybridized carbons (Fsp3) is 0.231. The summed E-state index contributed by atoms with van der Waals surface area (Å²) in [6, 6.07) is 6.80. The van der Waals surface area contributed by atoms with Crippen molar-refractivity contribution in [2.75, 3.05) is 6.16 Å². The molecule has 1 aliphatic rings. The largest absolute Gasteiger partial charge is 0.507 e. The third kappa shape index (κ3) is 1.33. The van der Waals surface area contributed by atoms with Gasteiger partial charge in [0.2, 0.25) is 7.37 Å². The Bertz CT molecular complexity index is 708. The van der Waals surface area contributed by atoms with Crippen LogP contribution in [0.1, 0.15) is 18.4 Å². The summed E-state index contributed by atoms with van der Waals surface area (Å²) in [5.41, 5.74) is 0.414. The highest BCUT2D eigenvalue weighted by Gasteiger charge is 2.42. The van der Waals surface area contributed by atoms with Crippen molar-refractivity contribution in [3.8, 4) is 11.5 Å². The predicted octanol–water partition coefficient (Wildman–Crippen LogP) is 2.26. The van der Waals surface area contributed by atoms with Crippen LogP contribution in [0.25, 0.3) is 10.8 Å². The van der Waals surface area contributed by atoms with Gasteiger partial charge in [-0.3, -0.25) is 4.57 Å². The highest BCUT2D eigenvalue weighted by molar-refractivity contribution is 7.67. The first-order chi connectivity index (χ1) is 8.43. The zero-order chi connectivity index (χ0) is 13.1. The van der Waals surface area contributed by atoms with E-state index >= 15 is 0 Å². The lowest BCUT2D eigenvalue weighted by atomic mass is 9.97. The van der Waals surface area contributed by atoms with Gasteiger partial charge < -0.3 is 15.1 Å². The van der Waals surface area contributed by atoms with Crippen molar-refractivity contribution in [2.45, 2.75) is 12.8 Å². The van der Waals surface area contributed by atoms with Crippen molar-refractivity contribution in [1.82, 2.24) is 0 Å². The summed E-state index contributed by atoms with van der Waals surface area (Å²) in [6.45, 7) is 1.78. The van der Waals surface area contributed by atoms with Crippen molar-refractivity contribution < 1.29 is 19.7 Å². The standard InChI is InChI=1S/C13H13O4P/c1-7-6-18(16,17)13-10(7)11(14)8-4-2-3-5-9(8)12(13)15/h2-5,7,14-15H,6H2,1H3,(H,16,17). The topological polar surface area (TPSA) is 77.8 Å². The molecular formula is C13H13O4P. The molecule has 94 valence electrons. The zero-order valence-electron chi connectivity index (χ0n) is 9.79. The lowest BCUT2D eigenvalue weighted by Crippen LogP contribution is -2.06. The van der Waals surface area contributed by atoms with E-state index < -0.39 is 7.37 Å². The Kier molecular flexibility index (Phi) is 2.25. The number of phenols is 2. The van der Waals surface area contributed by atoms with Crippen molar-refractivity contribution in [3.63, 3.8) is 0 Å². The molecule has 0 fully saturated rings. The Morgan fingerprint density at radius 1 is 1.17 bits per heavy atom. The number of benzene rings is 2. The molecule has 2 aromatic rings. The molecule has 5 heteroatoms. The fourth-order valence-corrected chi connectivity index (χ4v) is 5.04. The Morgan fingerprint density at radius 3 is 2.33 bits per heavy atom. The minimum Gasteiger partial charge on any atom is -0.507 e. The third-order valence-electron chi connectivity index (χ3n) is 3.54. The van der Waals surface area contributed by atoms with Gasteiger partial charge in [0, 0.05) is 22.5 Å². The lowest BCUT2D eigenvalue weighted by Gasteiger charge is -2.13. The average molecular weight is 264 g/mol. The summed E-state index contributed by atoms with van der Waals surface area (Å²) < 4.78 is 12.1. The second kappa shape index (κ2) is 3.50. The quantitative estimate of drug-likeness (QED) is 0.504. The van der Waals surface area contributed by atoms with Crippen LogP contribution in [0.2, 0.25) is 0 Å². The number of rotatable bonds is 0. The van der Waals surface area contributed by atoms with Crippen LogP contribution >= 0.6 is 7.37 Å². The SMILES string of the molecule is CC1CP(=O)(O)c2c1c(O)c1ccccc1c2O. The average Bonchev–Trinajstić information content (AvgIpc) is 2.56. The molecule has 2 unspecified atom stereocenters. The first kappa shape index (κ1) is 11.6. The van der Waals surface area contributed by atoms with Crippen LogP contribution in [0.4, 0.5) is 0 Å². The molecule has 3 rings (SSSR count). The normalized spacial score (nSPS) is 26.4. The number of aromatic hydroxyl groups is 2. The Morgan fingerprint density at radius 2 is 1.72 bits per heavy atom. The van der Waals surface area contributed by atoms with Gasteiger partial charge in [0.05, 0.1) is 5.30 Å². The Hall–Kier alpha value is -1.51. The van der Waals surface area contributed by atoms with E-state index in [9.17, 15) is 19.7 Å². The van der Waals surface area contributed by atoms with Crippen LogP contribution in [0, 0.1) is 0 Å². The summed E-state index contributed by atoms with van der Waals surface area (Å²) in [5.74, 6) is -0.391. The second-order valence-corrected chi connectivity index (χ2v) is 7.01. The maximum atomic E-state index is 12.1. The highest BCUT2D eigenvalue weighted by Crippen LogP contribution is 2.57. The molecule has 0 bridgehead atoms. The molecule has 1 aliphatic heterocycles. The predicted molar refractivity (Wildman–Crippen MR) is 70.0 cm³/mol. The first-order valence-corrected chi connectivity index (χ1v) is 7.57. The Balaban J connectivity index is 2.55. The second-order valence-electron chi connectivity index (χ2n) is 4.79. The van der Waals surface area contributed by atoms with E-state index in [0.29, 0.717) is 16.3 Å². The van der Waals surface area contributed by atoms with Crippen LogP contribution < -0.4 is 5.30 Å². The van der Waals surface area contributed by atoms with E-state index in [2.05, 4.69) is 0 Å². The van der Waals surface area contributed by atoms with Gasteiger partial charge in [0.15, 0.2) is 0 Å². The maximum Gasteiger partial charge on any atom is 0.234 e. The number of hydrogen-bond donors (Lipinski definition) is 3. The molecule has 0 radical (unpaired) electrons. The smallest absolute Gasteiger partial charge is 0.234 e. The Labute approximate surface area is 104 Å². The number of fused-ring (bicyclic) bond motifs is 2. The monoisotopic (exact) mass is 264 g/mol. The minimum absolute atomic E-state index is 0.0117. The van der Waals surface area contributed by atoms with Crippen LogP contribution in [0.15, 0.2) is 24.3 Å². The summed E-state index contributed by atoms with van der Waals surface area (Å²) >= 11 is 0. The lowest BCUT2D eigenvalue weighted by molar-refractivity contribution is 0.464. The van der Waals surface area contributed by atoms with E-state index in [0.717, 1.165) is 0 Å². The van der Waals surface area contributed by atoms with Crippen LogP contribution in [-0.2, 0) is 4.57 Å². The molecule has 2 aromatic carbocycles. The molecule has 0 saturated carbocycles. The summed E-state index contributed by atoms with van der Waals surface area (Å²) in [7, 11) is -3.57. The van der Waals surface area contributed by atoms with Crippen molar-refractivity contribution in [3.05, 3.63) is 29.8 Å². The van der Waals surface area contributed by atoms with Gasteiger partial charge in [-0.1, -0.05) is 31.2 Å². The van der Waals surface area contributed by atoms with Gasteiger partial charge >= 0.3 is 0 Å². The van der Waals surface area contributed by atoms with Gasteiger partial charge in [-0.2, -0.15) is 0 Å². The first-order valence-electron chi connectivity index (χ1n) is 5.72. The fourth-order valence-electron chi connectivity index (χ4n) is 2.78. The highest BCUT2D eigenvalue weighted by atomic mass is 31.2. The molecule has 0 saturated heterocycles. The molecule has 0 aliphatic carbocycles. The number of phenolic OH excluding ortho intramolecular Hbond substituents is 2. The minimum atomic E-state index is -3.57. The van der Waals surface area contributed by atoms with Gasteiger partial charge in [0.1, 0.15) is 11.5 Å². The molecule has 0 amide bonds. The molecule has 18 heavy (non-hydrogen) atoms. The van der Waals surface area contributed by atoms with Gasteiger partial charge in [-0.05, 0) is 5.92 Å². The molecular weight excluding hydrogens is 251 g/mol. The van der Waals surface area contributed by atoms with Crippen molar-refractivity contribution >= 4 is 23.4 Å². The van der Waals surface area contributed by atoms with Crippen molar-refractivity contribution in [1.29, 1.82) is 0 Å². The van der Waals surface area contributed by atoms with Gasteiger partial charge in [0.25, 0.3) is 0 Å². The van der Waals surface area contributed by atoms with Gasteiger partial charge in [-0.25, -0.2) is 0 Å². The maximum absolute atomic E-state index is 12.1. The van der Waals surface area contributed by atoms with E-state index in [-0.39, 0.29) is 28.9 Å².